The fraction of sp³-hybridized carbons (Fsp3) is 0.417. The first kappa shape index (κ1) is 30.7. The van der Waals surface area contributed by atoms with E-state index >= 15 is 0 Å². The van der Waals surface area contributed by atoms with Gasteiger partial charge in [-0.15, -0.1) is 0 Å². The van der Waals surface area contributed by atoms with E-state index in [-0.39, 0.29) is 19.3 Å². The SMILES string of the molecule is CC(O)C(NC(=O)C(CC(=O)O)NC(=O)C(CCC(N)=O)NC(=O)C(N)Cc1c[nH]c2ccccc12)C(=O)O. The van der Waals surface area contributed by atoms with Crippen LogP contribution in [0.5, 0.6) is 0 Å². The lowest BCUT2D eigenvalue weighted by Crippen LogP contribution is -2.58. The number of aliphatic carboxylic acids is 2. The molecule has 0 spiro atoms. The molecule has 0 aliphatic carbocycles. The summed E-state index contributed by atoms with van der Waals surface area (Å²) in [6, 6.07) is 1.24. The Morgan fingerprint density at radius 1 is 0.949 bits per heavy atom. The van der Waals surface area contributed by atoms with E-state index in [1.165, 1.54) is 0 Å². The molecule has 1 aromatic heterocycles. The highest BCUT2D eigenvalue weighted by Gasteiger charge is 2.33. The van der Waals surface area contributed by atoms with E-state index in [0.717, 1.165) is 23.4 Å². The van der Waals surface area contributed by atoms with Gasteiger partial charge >= 0.3 is 11.9 Å². The summed E-state index contributed by atoms with van der Waals surface area (Å²) in [5.74, 6) is -6.87. The zero-order valence-electron chi connectivity index (χ0n) is 21.0. The number of rotatable bonds is 15. The number of aromatic amines is 1. The topological polar surface area (TPSA) is 267 Å². The van der Waals surface area contributed by atoms with E-state index in [9.17, 15) is 39.0 Å². The fourth-order valence-electron chi connectivity index (χ4n) is 3.76. The molecule has 0 saturated carbocycles. The number of aliphatic hydroxyl groups excluding tert-OH is 1. The van der Waals surface area contributed by atoms with Gasteiger partial charge in [0.2, 0.25) is 23.6 Å². The zero-order chi connectivity index (χ0) is 29.3. The lowest BCUT2D eigenvalue weighted by Gasteiger charge is -2.25. The van der Waals surface area contributed by atoms with E-state index in [1.807, 2.05) is 29.6 Å². The Balaban J connectivity index is 2.16. The summed E-state index contributed by atoms with van der Waals surface area (Å²) in [6.07, 6.45) is -1.31. The molecule has 5 atom stereocenters. The number of aliphatic hydroxyl groups is 1. The van der Waals surface area contributed by atoms with Crippen LogP contribution in [-0.2, 0) is 35.2 Å². The molecule has 2 aromatic rings. The highest BCUT2D eigenvalue weighted by Crippen LogP contribution is 2.18. The number of hydrogen-bond donors (Lipinski definition) is 9. The number of hydrogen-bond acceptors (Lipinski definition) is 8. The summed E-state index contributed by atoms with van der Waals surface area (Å²) in [4.78, 5) is 75.4. The summed E-state index contributed by atoms with van der Waals surface area (Å²) in [5, 5.41) is 35.3. The molecule has 0 aliphatic rings. The maximum atomic E-state index is 13.0. The van der Waals surface area contributed by atoms with Crippen molar-refractivity contribution in [2.75, 3.05) is 0 Å². The highest BCUT2D eigenvalue weighted by molar-refractivity contribution is 5.96. The summed E-state index contributed by atoms with van der Waals surface area (Å²) in [5.41, 5.74) is 12.8. The molecule has 0 bridgehead atoms. The minimum absolute atomic E-state index is 0.0972. The molecular formula is C24H32N6O9. The molecule has 1 aromatic carbocycles. The molecule has 11 N–H and O–H groups in total. The molecule has 5 unspecified atom stereocenters. The predicted molar refractivity (Wildman–Crippen MR) is 136 cm³/mol. The fourth-order valence-corrected chi connectivity index (χ4v) is 3.76. The Bertz CT molecular complexity index is 1230. The number of primary amides is 1. The number of fused-ring (bicyclic) bond motifs is 1. The van der Waals surface area contributed by atoms with Gasteiger partial charge in [-0.2, -0.15) is 0 Å². The number of carboxylic acid groups (broad SMARTS) is 2. The number of nitrogens with one attached hydrogen (secondary N) is 4. The van der Waals surface area contributed by atoms with Crippen LogP contribution >= 0.6 is 0 Å². The molecular weight excluding hydrogens is 516 g/mol. The first-order valence-corrected chi connectivity index (χ1v) is 11.9. The molecule has 0 radical (unpaired) electrons. The van der Waals surface area contributed by atoms with Crippen molar-refractivity contribution < 1.29 is 44.1 Å². The number of carbonyl (C=O) groups is 6. The first-order chi connectivity index (χ1) is 18.3. The van der Waals surface area contributed by atoms with Gasteiger partial charge in [-0.25, -0.2) is 4.79 Å². The average molecular weight is 549 g/mol. The molecule has 15 nitrogen and oxygen atoms in total. The zero-order valence-corrected chi connectivity index (χ0v) is 21.0. The van der Waals surface area contributed by atoms with Gasteiger partial charge < -0.3 is 47.7 Å². The second-order valence-electron chi connectivity index (χ2n) is 8.96. The van der Waals surface area contributed by atoms with E-state index in [4.69, 9.17) is 16.6 Å². The molecule has 2 rings (SSSR count). The molecule has 0 fully saturated rings. The summed E-state index contributed by atoms with van der Waals surface area (Å²) in [6.45, 7) is 1.10. The Morgan fingerprint density at radius 3 is 2.15 bits per heavy atom. The Morgan fingerprint density at radius 2 is 1.56 bits per heavy atom. The molecule has 15 heteroatoms. The summed E-state index contributed by atoms with van der Waals surface area (Å²) < 4.78 is 0. The van der Waals surface area contributed by atoms with Gasteiger partial charge in [0.1, 0.15) is 12.1 Å². The number of aromatic nitrogens is 1. The van der Waals surface area contributed by atoms with Crippen molar-refractivity contribution in [1.29, 1.82) is 0 Å². The molecule has 1 heterocycles. The minimum Gasteiger partial charge on any atom is -0.481 e. The average Bonchev–Trinajstić information content (AvgIpc) is 3.26. The number of H-pyrrole nitrogens is 1. The monoisotopic (exact) mass is 548 g/mol. The number of benzene rings is 1. The second-order valence-corrected chi connectivity index (χ2v) is 8.96. The molecule has 0 saturated heterocycles. The van der Waals surface area contributed by atoms with E-state index in [2.05, 4.69) is 15.6 Å². The van der Waals surface area contributed by atoms with Crippen LogP contribution in [0.2, 0.25) is 0 Å². The number of amides is 4. The van der Waals surface area contributed by atoms with E-state index in [0.29, 0.717) is 0 Å². The van der Waals surface area contributed by atoms with Crippen molar-refractivity contribution in [2.24, 2.45) is 11.5 Å². The maximum Gasteiger partial charge on any atom is 0.328 e. The highest BCUT2D eigenvalue weighted by atomic mass is 16.4. The standard InChI is InChI=1S/C24H32N6O9/c1-11(31)20(24(38)39)30-23(37)17(9-19(33)34)29-22(36)16(6-7-18(26)32)28-21(35)14(25)8-12-10-27-15-5-3-2-4-13(12)15/h2-5,10-11,14,16-17,20,27,31H,6-9,25H2,1H3,(H2,26,32)(H,28,35)(H,29,36)(H,30,37)(H,33,34)(H,38,39). The smallest absolute Gasteiger partial charge is 0.328 e. The van der Waals surface area contributed by atoms with Crippen molar-refractivity contribution >= 4 is 46.5 Å². The number of nitrogens with two attached hydrogens (primary N) is 2. The summed E-state index contributed by atoms with van der Waals surface area (Å²) in [7, 11) is 0. The van der Waals surface area contributed by atoms with Gasteiger partial charge in [0.15, 0.2) is 6.04 Å². The normalized spacial score (nSPS) is 14.8. The van der Waals surface area contributed by atoms with Crippen molar-refractivity contribution in [2.45, 2.75) is 62.9 Å². The van der Waals surface area contributed by atoms with Crippen LogP contribution < -0.4 is 27.4 Å². The molecule has 0 aliphatic heterocycles. The minimum atomic E-state index is -1.78. The lowest BCUT2D eigenvalue weighted by molar-refractivity contribution is -0.146. The van der Waals surface area contributed by atoms with Crippen LogP contribution in [0.3, 0.4) is 0 Å². The van der Waals surface area contributed by atoms with Gasteiger partial charge in [0.25, 0.3) is 0 Å². The lowest BCUT2D eigenvalue weighted by atomic mass is 10.0. The van der Waals surface area contributed by atoms with Crippen molar-refractivity contribution in [3.8, 4) is 0 Å². The molecule has 4 amide bonds. The van der Waals surface area contributed by atoms with Gasteiger partial charge in [-0.3, -0.25) is 24.0 Å². The van der Waals surface area contributed by atoms with Crippen molar-refractivity contribution in [1.82, 2.24) is 20.9 Å². The third-order valence-electron chi connectivity index (χ3n) is 5.82. The summed E-state index contributed by atoms with van der Waals surface area (Å²) >= 11 is 0. The quantitative estimate of drug-likeness (QED) is 0.115. The number of para-hydroxylation sites is 1. The van der Waals surface area contributed by atoms with Gasteiger partial charge in [-0.1, -0.05) is 18.2 Å². The Hall–Kier alpha value is -4.50. The van der Waals surface area contributed by atoms with Gasteiger partial charge in [0, 0.05) is 23.5 Å². The first-order valence-electron chi connectivity index (χ1n) is 11.9. The Labute approximate surface area is 222 Å². The number of carbonyl (C=O) groups excluding carboxylic acids is 4. The number of carboxylic acids is 2. The Kier molecular flexibility index (Phi) is 10.9. The van der Waals surface area contributed by atoms with E-state index in [1.54, 1.807) is 6.20 Å². The third kappa shape index (κ3) is 9.08. The van der Waals surface area contributed by atoms with Gasteiger partial charge in [-0.05, 0) is 31.4 Å². The predicted octanol–water partition coefficient (Wildman–Crippen LogP) is -2.30. The van der Waals surface area contributed by atoms with Crippen LogP contribution in [0.15, 0.2) is 30.5 Å². The maximum absolute atomic E-state index is 13.0. The van der Waals surface area contributed by atoms with E-state index < -0.39 is 72.3 Å². The van der Waals surface area contributed by atoms with Gasteiger partial charge in [0.05, 0.1) is 18.6 Å². The van der Waals surface area contributed by atoms with Crippen LogP contribution in [0, 0.1) is 0 Å². The largest absolute Gasteiger partial charge is 0.481 e. The van der Waals surface area contributed by atoms with Crippen LogP contribution in [0.1, 0.15) is 31.7 Å². The van der Waals surface area contributed by atoms with Crippen LogP contribution in [0.25, 0.3) is 10.9 Å². The second kappa shape index (κ2) is 13.9. The van der Waals surface area contributed by atoms with Crippen molar-refractivity contribution in [3.63, 3.8) is 0 Å². The molecule has 212 valence electrons. The third-order valence-corrected chi connectivity index (χ3v) is 5.82. The van der Waals surface area contributed by atoms with Crippen LogP contribution in [-0.4, -0.2) is 86.1 Å². The van der Waals surface area contributed by atoms with Crippen molar-refractivity contribution in [3.05, 3.63) is 36.0 Å². The van der Waals surface area contributed by atoms with Crippen LogP contribution in [0.4, 0.5) is 0 Å². The molecule has 39 heavy (non-hydrogen) atoms.